The highest BCUT2D eigenvalue weighted by Crippen LogP contribution is 2.16. The fourth-order valence-electron chi connectivity index (χ4n) is 2.63. The van der Waals surface area contributed by atoms with Crippen molar-refractivity contribution in [2.45, 2.75) is 13.8 Å². The molecule has 0 unspecified atom stereocenters. The Kier molecular flexibility index (Phi) is 4.55. The number of benzene rings is 1. The summed E-state index contributed by atoms with van der Waals surface area (Å²) in [7, 11) is 0. The molecule has 0 atom stereocenters. The van der Waals surface area contributed by atoms with E-state index in [2.05, 4.69) is 20.3 Å². The van der Waals surface area contributed by atoms with Crippen molar-refractivity contribution in [1.29, 1.82) is 0 Å². The van der Waals surface area contributed by atoms with Gasteiger partial charge in [0.1, 0.15) is 0 Å². The van der Waals surface area contributed by atoms with Gasteiger partial charge in [-0.2, -0.15) is 0 Å². The molecule has 1 aromatic heterocycles. The van der Waals surface area contributed by atoms with E-state index in [1.54, 1.807) is 9.80 Å². The normalized spacial score (nSPS) is 14.5. The Bertz CT molecular complexity index is 795. The average Bonchev–Trinajstić information content (AvgIpc) is 3.03. The monoisotopic (exact) mass is 344 g/mol. The number of carbonyl (C=O) groups is 2. The molecule has 0 saturated carbocycles. The molecular formula is C16H20N6O3. The highest BCUT2D eigenvalue weighted by atomic mass is 16.6. The number of hydrogen-bond acceptors (Lipinski definition) is 6. The van der Waals surface area contributed by atoms with Gasteiger partial charge >= 0.3 is 6.03 Å². The number of nitrogens with one attached hydrogen (secondary N) is 1. The van der Waals surface area contributed by atoms with Gasteiger partial charge in [0.2, 0.25) is 11.5 Å². The first kappa shape index (κ1) is 16.7. The van der Waals surface area contributed by atoms with E-state index in [0.29, 0.717) is 26.2 Å². The number of carbonyl (C=O) groups excluding carboxylic acids is 2. The minimum atomic E-state index is -0.340. The number of hydrogen-bond donors (Lipinski definition) is 2. The summed E-state index contributed by atoms with van der Waals surface area (Å²) in [4.78, 5) is 27.9. The van der Waals surface area contributed by atoms with E-state index in [-0.39, 0.29) is 23.5 Å². The fraction of sp³-hybridized carbons (Fsp3) is 0.375. The number of rotatable bonds is 2. The Morgan fingerprint density at radius 1 is 1.08 bits per heavy atom. The molecule has 3 rings (SSSR count). The van der Waals surface area contributed by atoms with Gasteiger partial charge in [-0.3, -0.25) is 4.79 Å². The van der Waals surface area contributed by atoms with Gasteiger partial charge in [0.25, 0.3) is 5.91 Å². The van der Waals surface area contributed by atoms with Crippen LogP contribution in [0.4, 0.5) is 16.3 Å². The van der Waals surface area contributed by atoms with Gasteiger partial charge < -0.3 is 20.9 Å². The molecule has 9 heteroatoms. The highest BCUT2D eigenvalue weighted by molar-refractivity contribution is 5.96. The van der Waals surface area contributed by atoms with Crippen LogP contribution in [-0.4, -0.2) is 58.2 Å². The quantitative estimate of drug-likeness (QED) is 0.847. The van der Waals surface area contributed by atoms with Gasteiger partial charge in [0.05, 0.1) is 0 Å². The van der Waals surface area contributed by atoms with E-state index < -0.39 is 0 Å². The minimum Gasteiger partial charge on any atom is -0.379 e. The molecule has 25 heavy (non-hydrogen) atoms. The third-order valence-corrected chi connectivity index (χ3v) is 4.33. The molecule has 1 saturated heterocycles. The summed E-state index contributed by atoms with van der Waals surface area (Å²) in [6.07, 6.45) is 0. The van der Waals surface area contributed by atoms with E-state index in [1.165, 1.54) is 5.56 Å². The number of nitrogen functional groups attached to an aromatic ring is 1. The summed E-state index contributed by atoms with van der Waals surface area (Å²) in [5, 5.41) is 9.81. The SMILES string of the molecule is Cc1ccc(NC(=O)N2CCN(C(=O)c3nonc3N)CC2)cc1C. The van der Waals surface area contributed by atoms with Gasteiger partial charge in [0, 0.05) is 31.9 Å². The second kappa shape index (κ2) is 6.80. The molecule has 1 aliphatic rings. The Morgan fingerprint density at radius 3 is 2.36 bits per heavy atom. The Labute approximate surface area is 144 Å². The van der Waals surface area contributed by atoms with Crippen molar-refractivity contribution in [2.75, 3.05) is 37.2 Å². The summed E-state index contributed by atoms with van der Waals surface area (Å²) in [6.45, 7) is 5.66. The van der Waals surface area contributed by atoms with Gasteiger partial charge in [-0.1, -0.05) is 6.07 Å². The maximum atomic E-state index is 12.4. The predicted octanol–water partition coefficient (Wildman–Crippen LogP) is 1.26. The first-order valence-corrected chi connectivity index (χ1v) is 7.96. The van der Waals surface area contributed by atoms with E-state index in [4.69, 9.17) is 5.73 Å². The van der Waals surface area contributed by atoms with Crippen LogP contribution in [0.1, 0.15) is 21.6 Å². The molecule has 0 spiro atoms. The first-order chi connectivity index (χ1) is 12.0. The van der Waals surface area contributed by atoms with Crippen LogP contribution in [0.3, 0.4) is 0 Å². The predicted molar refractivity (Wildman–Crippen MR) is 91.1 cm³/mol. The molecule has 2 heterocycles. The van der Waals surface area contributed by atoms with Gasteiger partial charge in [-0.15, -0.1) is 0 Å². The molecule has 1 aromatic carbocycles. The zero-order valence-corrected chi connectivity index (χ0v) is 14.2. The van der Waals surface area contributed by atoms with Crippen molar-refractivity contribution in [3.8, 4) is 0 Å². The van der Waals surface area contributed by atoms with Crippen molar-refractivity contribution in [2.24, 2.45) is 0 Å². The van der Waals surface area contributed by atoms with Crippen molar-refractivity contribution in [3.63, 3.8) is 0 Å². The molecule has 2 aromatic rings. The smallest absolute Gasteiger partial charge is 0.321 e. The molecule has 0 bridgehead atoms. The van der Waals surface area contributed by atoms with Gasteiger partial charge in [-0.05, 0) is 47.4 Å². The first-order valence-electron chi connectivity index (χ1n) is 7.96. The average molecular weight is 344 g/mol. The highest BCUT2D eigenvalue weighted by Gasteiger charge is 2.28. The topological polar surface area (TPSA) is 118 Å². The van der Waals surface area contributed by atoms with Crippen LogP contribution in [0.2, 0.25) is 0 Å². The molecule has 132 valence electrons. The molecule has 3 N–H and O–H groups in total. The number of nitrogens with zero attached hydrogens (tertiary/aromatic N) is 4. The largest absolute Gasteiger partial charge is 0.379 e. The molecule has 1 fully saturated rings. The van der Waals surface area contributed by atoms with Crippen LogP contribution < -0.4 is 11.1 Å². The summed E-state index contributed by atoms with van der Waals surface area (Å²) in [5.74, 6) is -0.368. The number of piperazine rings is 1. The number of aromatic nitrogens is 2. The molecule has 0 aliphatic carbocycles. The number of amides is 3. The lowest BCUT2D eigenvalue weighted by Gasteiger charge is -2.34. The molecular weight excluding hydrogens is 324 g/mol. The number of anilines is 2. The van der Waals surface area contributed by atoms with Crippen LogP contribution in [0.15, 0.2) is 22.8 Å². The second-order valence-corrected chi connectivity index (χ2v) is 6.01. The Balaban J connectivity index is 1.56. The van der Waals surface area contributed by atoms with E-state index in [0.717, 1.165) is 11.3 Å². The lowest BCUT2D eigenvalue weighted by molar-refractivity contribution is 0.0661. The summed E-state index contributed by atoms with van der Waals surface area (Å²) in [6, 6.07) is 5.60. The lowest BCUT2D eigenvalue weighted by atomic mass is 10.1. The maximum Gasteiger partial charge on any atom is 0.321 e. The van der Waals surface area contributed by atoms with Gasteiger partial charge in [0.15, 0.2) is 0 Å². The Morgan fingerprint density at radius 2 is 1.76 bits per heavy atom. The van der Waals surface area contributed by atoms with Crippen molar-refractivity contribution in [1.82, 2.24) is 20.1 Å². The van der Waals surface area contributed by atoms with Crippen LogP contribution >= 0.6 is 0 Å². The minimum absolute atomic E-state index is 0.00744. The standard InChI is InChI=1S/C16H20N6O3/c1-10-3-4-12(9-11(10)2)18-16(24)22-7-5-21(6-8-22)15(23)13-14(17)20-25-19-13/h3-4,9H,5-8H2,1-2H3,(H2,17,20)(H,18,24). The fourth-order valence-corrected chi connectivity index (χ4v) is 2.63. The van der Waals surface area contributed by atoms with Crippen molar-refractivity contribution >= 4 is 23.4 Å². The second-order valence-electron chi connectivity index (χ2n) is 6.01. The number of urea groups is 1. The summed E-state index contributed by atoms with van der Waals surface area (Å²) >= 11 is 0. The maximum absolute atomic E-state index is 12.4. The number of aryl methyl sites for hydroxylation is 2. The van der Waals surface area contributed by atoms with Crippen molar-refractivity contribution in [3.05, 3.63) is 35.0 Å². The zero-order valence-electron chi connectivity index (χ0n) is 14.2. The van der Waals surface area contributed by atoms with E-state index in [9.17, 15) is 9.59 Å². The molecule has 0 radical (unpaired) electrons. The van der Waals surface area contributed by atoms with E-state index >= 15 is 0 Å². The van der Waals surface area contributed by atoms with E-state index in [1.807, 2.05) is 32.0 Å². The molecule has 9 nitrogen and oxygen atoms in total. The molecule has 1 aliphatic heterocycles. The zero-order chi connectivity index (χ0) is 18.0. The van der Waals surface area contributed by atoms with Crippen LogP contribution in [0, 0.1) is 13.8 Å². The third kappa shape index (κ3) is 3.54. The lowest BCUT2D eigenvalue weighted by Crippen LogP contribution is -2.51. The summed E-state index contributed by atoms with van der Waals surface area (Å²) < 4.78 is 4.45. The van der Waals surface area contributed by atoms with Crippen LogP contribution in [-0.2, 0) is 0 Å². The summed E-state index contributed by atoms with van der Waals surface area (Å²) in [5.41, 5.74) is 8.60. The van der Waals surface area contributed by atoms with Crippen molar-refractivity contribution < 1.29 is 14.2 Å². The van der Waals surface area contributed by atoms with Crippen LogP contribution in [0.25, 0.3) is 0 Å². The third-order valence-electron chi connectivity index (χ3n) is 4.33. The number of nitrogens with two attached hydrogens (primary N) is 1. The molecule has 3 amide bonds. The van der Waals surface area contributed by atoms with Gasteiger partial charge in [-0.25, -0.2) is 9.42 Å². The van der Waals surface area contributed by atoms with Crippen LogP contribution in [0.5, 0.6) is 0 Å². The Hall–Kier alpha value is -3.10.